The van der Waals surface area contributed by atoms with E-state index in [1.54, 1.807) is 11.3 Å². The Morgan fingerprint density at radius 3 is 2.75 bits per heavy atom. The van der Waals surface area contributed by atoms with Gasteiger partial charge in [0.2, 0.25) is 5.91 Å². The molecule has 1 amide bonds. The van der Waals surface area contributed by atoms with Crippen molar-refractivity contribution in [1.29, 1.82) is 0 Å². The Bertz CT molecular complexity index is 621. The van der Waals surface area contributed by atoms with Gasteiger partial charge in [-0.2, -0.15) is 0 Å². The molecule has 1 aromatic carbocycles. The van der Waals surface area contributed by atoms with Crippen LogP contribution in [0.2, 0.25) is 0 Å². The van der Waals surface area contributed by atoms with Crippen molar-refractivity contribution in [3.63, 3.8) is 0 Å². The van der Waals surface area contributed by atoms with E-state index >= 15 is 0 Å². The number of hydrogen-bond acceptors (Lipinski definition) is 3. The Morgan fingerprint density at radius 2 is 2.10 bits per heavy atom. The summed E-state index contributed by atoms with van der Waals surface area (Å²) in [5, 5.41) is 4.05. The maximum Gasteiger partial charge on any atom is 0.223 e. The van der Waals surface area contributed by atoms with E-state index in [-0.39, 0.29) is 11.8 Å². The first-order valence-corrected chi connectivity index (χ1v) is 7.76. The molecule has 20 heavy (non-hydrogen) atoms. The second kappa shape index (κ2) is 5.37. The molecule has 1 fully saturated rings. The molecule has 1 aliphatic carbocycles. The van der Waals surface area contributed by atoms with Crippen LogP contribution in [0, 0.1) is 18.8 Å². The average Bonchev–Trinajstić information content (AvgIpc) is 3.08. The minimum atomic E-state index is 0.187. The van der Waals surface area contributed by atoms with Gasteiger partial charge in [0.05, 0.1) is 12.2 Å². The SMILES string of the molecule is Cc1nc(-c2ccccc2)sc1CNC(=O)C1CC1C. The molecular weight excluding hydrogens is 268 g/mol. The molecule has 0 spiro atoms. The predicted molar refractivity (Wildman–Crippen MR) is 81.4 cm³/mol. The fourth-order valence-corrected chi connectivity index (χ4v) is 3.29. The van der Waals surface area contributed by atoms with Crippen molar-refractivity contribution >= 4 is 17.2 Å². The molecule has 2 unspecified atom stereocenters. The number of rotatable bonds is 4. The minimum absolute atomic E-state index is 0.187. The summed E-state index contributed by atoms with van der Waals surface area (Å²) in [6.45, 7) is 4.72. The quantitative estimate of drug-likeness (QED) is 0.936. The van der Waals surface area contributed by atoms with Gasteiger partial charge in [0.1, 0.15) is 5.01 Å². The molecule has 1 aromatic heterocycles. The van der Waals surface area contributed by atoms with E-state index < -0.39 is 0 Å². The van der Waals surface area contributed by atoms with E-state index in [1.807, 2.05) is 25.1 Å². The maximum absolute atomic E-state index is 11.9. The Hall–Kier alpha value is -1.68. The van der Waals surface area contributed by atoms with Gasteiger partial charge in [-0.05, 0) is 19.3 Å². The first kappa shape index (κ1) is 13.3. The van der Waals surface area contributed by atoms with Crippen LogP contribution >= 0.6 is 11.3 Å². The monoisotopic (exact) mass is 286 g/mol. The normalized spacial score (nSPS) is 20.7. The molecule has 104 valence electrons. The van der Waals surface area contributed by atoms with Crippen molar-refractivity contribution < 1.29 is 4.79 Å². The van der Waals surface area contributed by atoms with E-state index in [4.69, 9.17) is 0 Å². The summed E-state index contributed by atoms with van der Waals surface area (Å²) in [5.41, 5.74) is 2.15. The van der Waals surface area contributed by atoms with Gasteiger partial charge >= 0.3 is 0 Å². The summed E-state index contributed by atoms with van der Waals surface area (Å²) >= 11 is 1.66. The lowest BCUT2D eigenvalue weighted by molar-refractivity contribution is -0.122. The van der Waals surface area contributed by atoms with Crippen molar-refractivity contribution in [1.82, 2.24) is 10.3 Å². The molecule has 3 nitrogen and oxygen atoms in total. The summed E-state index contributed by atoms with van der Waals surface area (Å²) in [5.74, 6) is 0.973. The first-order chi connectivity index (χ1) is 9.65. The highest BCUT2D eigenvalue weighted by Gasteiger charge is 2.38. The zero-order chi connectivity index (χ0) is 14.1. The summed E-state index contributed by atoms with van der Waals surface area (Å²) in [6.07, 6.45) is 1.03. The van der Waals surface area contributed by atoms with E-state index in [0.29, 0.717) is 12.5 Å². The van der Waals surface area contributed by atoms with Crippen LogP contribution in [0.15, 0.2) is 30.3 Å². The molecule has 4 heteroatoms. The van der Waals surface area contributed by atoms with Gasteiger partial charge in [-0.25, -0.2) is 4.98 Å². The van der Waals surface area contributed by atoms with E-state index in [0.717, 1.165) is 27.6 Å². The third-order valence-electron chi connectivity index (χ3n) is 3.78. The van der Waals surface area contributed by atoms with Gasteiger partial charge in [-0.3, -0.25) is 4.79 Å². The van der Waals surface area contributed by atoms with Gasteiger partial charge < -0.3 is 5.32 Å². The average molecular weight is 286 g/mol. The molecule has 0 aliphatic heterocycles. The van der Waals surface area contributed by atoms with Gasteiger partial charge in [-0.15, -0.1) is 11.3 Å². The molecule has 2 atom stereocenters. The van der Waals surface area contributed by atoms with Gasteiger partial charge in [0.25, 0.3) is 0 Å². The lowest BCUT2D eigenvalue weighted by Gasteiger charge is -2.02. The zero-order valence-corrected chi connectivity index (χ0v) is 12.5. The smallest absolute Gasteiger partial charge is 0.223 e. The third kappa shape index (κ3) is 2.75. The molecule has 1 N–H and O–H groups in total. The highest BCUT2D eigenvalue weighted by molar-refractivity contribution is 7.15. The Morgan fingerprint density at radius 1 is 1.40 bits per heavy atom. The molecule has 1 heterocycles. The molecule has 3 rings (SSSR count). The summed E-state index contributed by atoms with van der Waals surface area (Å²) in [7, 11) is 0. The Balaban J connectivity index is 1.68. The molecule has 2 aromatic rings. The van der Waals surface area contributed by atoms with Gasteiger partial charge in [0, 0.05) is 16.4 Å². The number of carbonyl (C=O) groups excluding carboxylic acids is 1. The van der Waals surface area contributed by atoms with Crippen LogP contribution in [0.5, 0.6) is 0 Å². The minimum Gasteiger partial charge on any atom is -0.351 e. The third-order valence-corrected chi connectivity index (χ3v) is 4.99. The van der Waals surface area contributed by atoms with Crippen molar-refractivity contribution in [2.75, 3.05) is 0 Å². The summed E-state index contributed by atoms with van der Waals surface area (Å²) < 4.78 is 0. The molecule has 1 saturated carbocycles. The number of hydrogen-bond donors (Lipinski definition) is 1. The number of aromatic nitrogens is 1. The topological polar surface area (TPSA) is 42.0 Å². The van der Waals surface area contributed by atoms with Crippen molar-refractivity contribution in [3.8, 4) is 10.6 Å². The second-order valence-electron chi connectivity index (χ2n) is 5.43. The lowest BCUT2D eigenvalue weighted by Crippen LogP contribution is -2.24. The van der Waals surface area contributed by atoms with Gasteiger partial charge in [-0.1, -0.05) is 37.3 Å². The summed E-state index contributed by atoms with van der Waals surface area (Å²) in [6, 6.07) is 10.2. The van der Waals surface area contributed by atoms with Gasteiger partial charge in [0.15, 0.2) is 0 Å². The number of aryl methyl sites for hydroxylation is 1. The number of nitrogens with one attached hydrogen (secondary N) is 1. The molecule has 0 saturated heterocycles. The zero-order valence-electron chi connectivity index (χ0n) is 11.7. The number of nitrogens with zero attached hydrogens (tertiary/aromatic N) is 1. The van der Waals surface area contributed by atoms with E-state index in [1.165, 1.54) is 0 Å². The number of benzene rings is 1. The van der Waals surface area contributed by atoms with Crippen LogP contribution in [-0.2, 0) is 11.3 Å². The van der Waals surface area contributed by atoms with Crippen LogP contribution in [0.4, 0.5) is 0 Å². The lowest BCUT2D eigenvalue weighted by atomic mass is 10.2. The van der Waals surface area contributed by atoms with Crippen LogP contribution in [0.25, 0.3) is 10.6 Å². The Kier molecular flexibility index (Phi) is 3.57. The van der Waals surface area contributed by atoms with E-state index in [9.17, 15) is 4.79 Å². The highest BCUT2D eigenvalue weighted by Crippen LogP contribution is 2.37. The largest absolute Gasteiger partial charge is 0.351 e. The number of thiazole rings is 1. The molecule has 1 aliphatic rings. The highest BCUT2D eigenvalue weighted by atomic mass is 32.1. The van der Waals surface area contributed by atoms with Crippen molar-refractivity contribution in [3.05, 3.63) is 40.9 Å². The van der Waals surface area contributed by atoms with Crippen LogP contribution in [-0.4, -0.2) is 10.9 Å². The van der Waals surface area contributed by atoms with E-state index in [2.05, 4.69) is 29.4 Å². The van der Waals surface area contributed by atoms with Crippen molar-refractivity contribution in [2.45, 2.75) is 26.8 Å². The summed E-state index contributed by atoms with van der Waals surface area (Å²) in [4.78, 5) is 17.6. The molecule has 0 bridgehead atoms. The van der Waals surface area contributed by atoms with Crippen LogP contribution < -0.4 is 5.32 Å². The standard InChI is InChI=1S/C16H18N2OS/c1-10-8-13(10)15(19)17-9-14-11(2)18-16(20-14)12-6-4-3-5-7-12/h3-7,10,13H,8-9H2,1-2H3,(H,17,19). The first-order valence-electron chi connectivity index (χ1n) is 6.94. The van der Waals surface area contributed by atoms with Crippen LogP contribution in [0.1, 0.15) is 23.9 Å². The second-order valence-corrected chi connectivity index (χ2v) is 6.51. The number of carbonyl (C=O) groups is 1. The fraction of sp³-hybridized carbons (Fsp3) is 0.375. The maximum atomic E-state index is 11.9. The Labute approximate surface area is 123 Å². The number of amides is 1. The molecular formula is C16H18N2OS. The predicted octanol–water partition coefficient (Wildman–Crippen LogP) is 3.39. The molecule has 0 radical (unpaired) electrons. The van der Waals surface area contributed by atoms with Crippen LogP contribution in [0.3, 0.4) is 0 Å². The van der Waals surface area contributed by atoms with Crippen molar-refractivity contribution in [2.24, 2.45) is 11.8 Å². The fourth-order valence-electron chi connectivity index (χ4n) is 2.28.